The third-order valence-electron chi connectivity index (χ3n) is 1.59. The van der Waals surface area contributed by atoms with Crippen molar-refractivity contribution in [2.24, 2.45) is 0 Å². The Balaban J connectivity index is 4.93. The second-order valence-corrected chi connectivity index (χ2v) is 5.14. The molecule has 0 aliphatic carbocycles. The number of hydrogen-bond acceptors (Lipinski definition) is 2. The Morgan fingerprint density at radius 2 is 1.53 bits per heavy atom. The van der Waals surface area contributed by atoms with Crippen LogP contribution in [0.1, 0.15) is 48.5 Å². The van der Waals surface area contributed by atoms with E-state index in [0.717, 1.165) is 11.1 Å². The van der Waals surface area contributed by atoms with Crippen LogP contribution < -0.4 is 0 Å². The molecular formula is C13H22O2. The van der Waals surface area contributed by atoms with Crippen LogP contribution in [0.3, 0.4) is 0 Å². The fourth-order valence-electron chi connectivity index (χ4n) is 1.03. The summed E-state index contributed by atoms with van der Waals surface area (Å²) < 4.78 is 5.32. The summed E-state index contributed by atoms with van der Waals surface area (Å²) in [6.45, 7) is 13.4. The zero-order valence-electron chi connectivity index (χ0n) is 10.9. The van der Waals surface area contributed by atoms with Crippen molar-refractivity contribution >= 4 is 5.97 Å². The molecular weight excluding hydrogens is 188 g/mol. The Labute approximate surface area is 93.0 Å². The van der Waals surface area contributed by atoms with Gasteiger partial charge in [0.2, 0.25) is 0 Å². The molecule has 0 aromatic heterocycles. The first-order chi connectivity index (χ1) is 6.63. The molecule has 0 saturated carbocycles. The molecule has 0 aromatic carbocycles. The van der Waals surface area contributed by atoms with Crippen LogP contribution in [0.2, 0.25) is 0 Å². The second kappa shape index (κ2) is 5.15. The van der Waals surface area contributed by atoms with Crippen molar-refractivity contribution in [1.82, 2.24) is 0 Å². The van der Waals surface area contributed by atoms with E-state index >= 15 is 0 Å². The van der Waals surface area contributed by atoms with Gasteiger partial charge in [0.05, 0.1) is 5.57 Å². The van der Waals surface area contributed by atoms with Crippen molar-refractivity contribution in [1.29, 1.82) is 0 Å². The highest BCUT2D eigenvalue weighted by molar-refractivity contribution is 5.92. The third-order valence-corrected chi connectivity index (χ3v) is 1.59. The molecule has 0 atom stereocenters. The van der Waals surface area contributed by atoms with E-state index in [-0.39, 0.29) is 5.97 Å². The molecule has 0 rings (SSSR count). The van der Waals surface area contributed by atoms with Crippen LogP contribution in [0, 0.1) is 0 Å². The van der Waals surface area contributed by atoms with Gasteiger partial charge >= 0.3 is 5.97 Å². The van der Waals surface area contributed by atoms with E-state index in [1.54, 1.807) is 0 Å². The van der Waals surface area contributed by atoms with Crippen LogP contribution >= 0.6 is 0 Å². The van der Waals surface area contributed by atoms with E-state index in [0.29, 0.717) is 5.57 Å². The summed E-state index contributed by atoms with van der Waals surface area (Å²) in [7, 11) is 0. The van der Waals surface area contributed by atoms with Gasteiger partial charge in [0.25, 0.3) is 0 Å². The number of ether oxygens (including phenoxy) is 1. The molecule has 0 unspecified atom stereocenters. The smallest absolute Gasteiger partial charge is 0.338 e. The van der Waals surface area contributed by atoms with Crippen LogP contribution in [0.25, 0.3) is 0 Å². The number of rotatable bonds is 2. The van der Waals surface area contributed by atoms with Crippen molar-refractivity contribution in [3.8, 4) is 0 Å². The Morgan fingerprint density at radius 1 is 1.07 bits per heavy atom. The van der Waals surface area contributed by atoms with Gasteiger partial charge in [-0.25, -0.2) is 4.79 Å². The first-order valence-electron chi connectivity index (χ1n) is 5.19. The van der Waals surface area contributed by atoms with E-state index in [4.69, 9.17) is 4.74 Å². The minimum absolute atomic E-state index is 0.247. The lowest BCUT2D eigenvalue weighted by Crippen LogP contribution is -2.24. The van der Waals surface area contributed by atoms with Gasteiger partial charge in [-0.15, -0.1) is 0 Å². The van der Waals surface area contributed by atoms with Crippen molar-refractivity contribution in [2.75, 3.05) is 0 Å². The quantitative estimate of drug-likeness (QED) is 0.395. The van der Waals surface area contributed by atoms with Gasteiger partial charge in [-0.1, -0.05) is 11.1 Å². The molecule has 0 saturated heterocycles. The molecule has 0 radical (unpaired) electrons. The summed E-state index contributed by atoms with van der Waals surface area (Å²) in [5.41, 5.74) is 2.29. The number of esters is 1. The second-order valence-electron chi connectivity index (χ2n) is 5.14. The highest BCUT2D eigenvalue weighted by Gasteiger charge is 2.19. The van der Waals surface area contributed by atoms with Gasteiger partial charge in [0.15, 0.2) is 0 Å². The Kier molecular flexibility index (Phi) is 4.79. The number of hydrogen-bond donors (Lipinski definition) is 0. The monoisotopic (exact) mass is 210 g/mol. The topological polar surface area (TPSA) is 26.3 Å². The largest absolute Gasteiger partial charge is 0.456 e. The first kappa shape index (κ1) is 13.9. The van der Waals surface area contributed by atoms with E-state index in [2.05, 4.69) is 0 Å². The highest BCUT2D eigenvalue weighted by atomic mass is 16.6. The fourth-order valence-corrected chi connectivity index (χ4v) is 1.03. The molecule has 2 heteroatoms. The predicted molar refractivity (Wildman–Crippen MR) is 63.7 cm³/mol. The Hall–Kier alpha value is -1.05. The highest BCUT2D eigenvalue weighted by Crippen LogP contribution is 2.15. The van der Waals surface area contributed by atoms with Crippen LogP contribution in [0.5, 0.6) is 0 Å². The minimum Gasteiger partial charge on any atom is -0.456 e. The number of carbonyl (C=O) groups excluding carboxylic acids is 1. The summed E-state index contributed by atoms with van der Waals surface area (Å²) in [6.07, 6.45) is 1.86. The van der Waals surface area contributed by atoms with Gasteiger partial charge in [-0.05, 0) is 54.5 Å². The first-order valence-corrected chi connectivity index (χ1v) is 5.19. The van der Waals surface area contributed by atoms with Crippen molar-refractivity contribution in [2.45, 2.75) is 54.1 Å². The molecule has 0 fully saturated rings. The summed E-state index contributed by atoms with van der Waals surface area (Å²) in [6, 6.07) is 0. The van der Waals surface area contributed by atoms with Crippen LogP contribution in [-0.4, -0.2) is 11.6 Å². The predicted octanol–water partition coefficient (Wildman–Crippen LogP) is 3.63. The number of allylic oxidation sites excluding steroid dienone is 2. The van der Waals surface area contributed by atoms with Crippen LogP contribution in [-0.2, 0) is 9.53 Å². The number of carbonyl (C=O) groups is 1. The van der Waals surface area contributed by atoms with Crippen molar-refractivity contribution in [3.63, 3.8) is 0 Å². The summed E-state index contributed by atoms with van der Waals surface area (Å²) >= 11 is 0. The summed E-state index contributed by atoms with van der Waals surface area (Å²) in [4.78, 5) is 11.8. The molecule has 0 aliphatic heterocycles. The van der Waals surface area contributed by atoms with Gasteiger partial charge < -0.3 is 4.74 Å². The normalized spacial score (nSPS) is 10.6. The van der Waals surface area contributed by atoms with Gasteiger partial charge in [0, 0.05) is 0 Å². The third kappa shape index (κ3) is 6.10. The van der Waals surface area contributed by atoms with Crippen molar-refractivity contribution in [3.05, 3.63) is 22.8 Å². The molecule has 0 heterocycles. The molecule has 15 heavy (non-hydrogen) atoms. The SMILES string of the molecule is CC(C)=CC(C(=O)OC(C)(C)C)=C(C)C. The van der Waals surface area contributed by atoms with Gasteiger partial charge in [-0.2, -0.15) is 0 Å². The van der Waals surface area contributed by atoms with Gasteiger partial charge in [0.1, 0.15) is 5.60 Å². The van der Waals surface area contributed by atoms with E-state index in [1.165, 1.54) is 0 Å². The van der Waals surface area contributed by atoms with E-state index in [1.807, 2.05) is 54.5 Å². The maximum atomic E-state index is 11.8. The zero-order chi connectivity index (χ0) is 12.2. The maximum absolute atomic E-state index is 11.8. The lowest BCUT2D eigenvalue weighted by Gasteiger charge is -2.20. The lowest BCUT2D eigenvalue weighted by atomic mass is 10.1. The van der Waals surface area contributed by atoms with Gasteiger partial charge in [-0.3, -0.25) is 0 Å². The van der Waals surface area contributed by atoms with E-state index in [9.17, 15) is 4.79 Å². The minimum atomic E-state index is -0.437. The molecule has 0 aliphatic rings. The Bertz CT molecular complexity index is 293. The van der Waals surface area contributed by atoms with Crippen LogP contribution in [0.15, 0.2) is 22.8 Å². The molecule has 0 spiro atoms. The van der Waals surface area contributed by atoms with Crippen molar-refractivity contribution < 1.29 is 9.53 Å². The Morgan fingerprint density at radius 3 is 1.80 bits per heavy atom. The van der Waals surface area contributed by atoms with Crippen LogP contribution in [0.4, 0.5) is 0 Å². The average Bonchev–Trinajstić information content (AvgIpc) is 1.95. The van der Waals surface area contributed by atoms with E-state index < -0.39 is 5.60 Å². The fraction of sp³-hybridized carbons (Fsp3) is 0.615. The standard InChI is InChI=1S/C13H22O2/c1-9(2)8-11(10(3)4)12(14)15-13(5,6)7/h8H,1-7H3. The maximum Gasteiger partial charge on any atom is 0.338 e. The molecule has 2 nitrogen and oxygen atoms in total. The molecule has 0 bridgehead atoms. The summed E-state index contributed by atoms with van der Waals surface area (Å²) in [5.74, 6) is -0.247. The molecule has 0 N–H and O–H groups in total. The molecule has 0 amide bonds. The zero-order valence-corrected chi connectivity index (χ0v) is 10.9. The summed E-state index contributed by atoms with van der Waals surface area (Å²) in [5, 5.41) is 0. The molecule has 0 aromatic rings. The lowest BCUT2D eigenvalue weighted by molar-refractivity contribution is -0.149. The average molecular weight is 210 g/mol. The molecule has 86 valence electrons.